The van der Waals surface area contributed by atoms with Gasteiger partial charge in [0.1, 0.15) is 0 Å². The number of ether oxygens (including phenoxy) is 2. The molecule has 20 heavy (non-hydrogen) atoms. The topological polar surface area (TPSA) is 38.7 Å². The molecule has 1 aliphatic rings. The summed E-state index contributed by atoms with van der Waals surface area (Å²) >= 11 is 0. The van der Waals surface area contributed by atoms with Gasteiger partial charge in [0.2, 0.25) is 6.79 Å². The molecule has 2 aromatic carbocycles. The fraction of sp³-hybridized carbons (Fsp3) is 0.294. The van der Waals surface area contributed by atoms with Gasteiger partial charge in [-0.3, -0.25) is 0 Å². The van der Waals surface area contributed by atoms with Gasteiger partial charge < -0.3 is 14.6 Å². The van der Waals surface area contributed by atoms with Gasteiger partial charge in [-0.05, 0) is 37.1 Å². The summed E-state index contributed by atoms with van der Waals surface area (Å²) < 4.78 is 10.6. The Hall–Kier alpha value is -2.00. The van der Waals surface area contributed by atoms with Crippen LogP contribution >= 0.6 is 0 Å². The standard InChI is InChI=1S/C17H18O3/c1-11-5-12(2)7-13(6-11)8-15(18)14-3-4-16-17(9-14)20-10-19-16/h3-7,9,15,18H,8,10H2,1-2H3. The molecule has 0 amide bonds. The highest BCUT2D eigenvalue weighted by Gasteiger charge is 2.17. The molecular weight excluding hydrogens is 252 g/mol. The molecule has 3 rings (SSSR count). The van der Waals surface area contributed by atoms with Crippen molar-refractivity contribution in [3.05, 3.63) is 58.7 Å². The van der Waals surface area contributed by atoms with Gasteiger partial charge >= 0.3 is 0 Å². The van der Waals surface area contributed by atoms with Crippen molar-refractivity contribution in [3.63, 3.8) is 0 Å². The maximum absolute atomic E-state index is 10.4. The van der Waals surface area contributed by atoms with Crippen LogP contribution < -0.4 is 9.47 Å². The van der Waals surface area contributed by atoms with E-state index in [1.807, 2.05) is 18.2 Å². The molecule has 1 atom stereocenters. The Labute approximate surface area is 118 Å². The summed E-state index contributed by atoms with van der Waals surface area (Å²) in [7, 11) is 0. The summed E-state index contributed by atoms with van der Waals surface area (Å²) in [6.07, 6.45) is 0.0630. The van der Waals surface area contributed by atoms with Gasteiger partial charge in [-0.1, -0.05) is 35.4 Å². The molecule has 1 heterocycles. The second-order valence-corrected chi connectivity index (χ2v) is 5.33. The summed E-state index contributed by atoms with van der Waals surface area (Å²) in [5.74, 6) is 1.45. The predicted octanol–water partition coefficient (Wildman–Crippen LogP) is 3.31. The van der Waals surface area contributed by atoms with Crippen LogP contribution in [-0.4, -0.2) is 11.9 Å². The number of hydrogen-bond donors (Lipinski definition) is 1. The van der Waals surface area contributed by atoms with Crippen molar-refractivity contribution in [1.29, 1.82) is 0 Å². The van der Waals surface area contributed by atoms with Gasteiger partial charge in [0.05, 0.1) is 6.10 Å². The predicted molar refractivity (Wildman–Crippen MR) is 77.1 cm³/mol. The molecule has 1 unspecified atom stereocenters. The number of benzene rings is 2. The Bertz CT molecular complexity index is 614. The van der Waals surface area contributed by atoms with E-state index in [2.05, 4.69) is 32.0 Å². The molecule has 3 heteroatoms. The average molecular weight is 270 g/mol. The highest BCUT2D eigenvalue weighted by molar-refractivity contribution is 5.45. The van der Waals surface area contributed by atoms with Crippen LogP contribution in [-0.2, 0) is 6.42 Å². The Morgan fingerprint density at radius 1 is 1.00 bits per heavy atom. The van der Waals surface area contributed by atoms with Crippen LogP contribution in [0.4, 0.5) is 0 Å². The summed E-state index contributed by atoms with van der Waals surface area (Å²) in [6.45, 7) is 4.40. The average Bonchev–Trinajstić information content (AvgIpc) is 2.84. The summed E-state index contributed by atoms with van der Waals surface area (Å²) in [6, 6.07) is 12.0. The van der Waals surface area contributed by atoms with Crippen LogP contribution in [0.1, 0.15) is 28.4 Å². The number of aliphatic hydroxyl groups is 1. The van der Waals surface area contributed by atoms with E-state index in [0.717, 1.165) is 16.9 Å². The van der Waals surface area contributed by atoms with Crippen molar-refractivity contribution in [1.82, 2.24) is 0 Å². The van der Waals surface area contributed by atoms with E-state index >= 15 is 0 Å². The maximum atomic E-state index is 10.4. The van der Waals surface area contributed by atoms with E-state index in [1.54, 1.807) is 0 Å². The van der Waals surface area contributed by atoms with Gasteiger partial charge in [-0.2, -0.15) is 0 Å². The molecule has 0 saturated heterocycles. The molecule has 1 aliphatic heterocycles. The SMILES string of the molecule is Cc1cc(C)cc(CC(O)c2ccc3c(c2)OCO3)c1. The van der Waals surface area contributed by atoms with Gasteiger partial charge in [-0.15, -0.1) is 0 Å². The van der Waals surface area contributed by atoms with Gasteiger partial charge in [0.15, 0.2) is 11.5 Å². The largest absolute Gasteiger partial charge is 0.454 e. The number of fused-ring (bicyclic) bond motifs is 1. The second kappa shape index (κ2) is 5.17. The minimum Gasteiger partial charge on any atom is -0.454 e. The lowest BCUT2D eigenvalue weighted by Crippen LogP contribution is -2.02. The summed E-state index contributed by atoms with van der Waals surface area (Å²) in [5, 5.41) is 10.4. The van der Waals surface area contributed by atoms with E-state index < -0.39 is 6.10 Å². The summed E-state index contributed by atoms with van der Waals surface area (Å²) in [4.78, 5) is 0. The molecule has 2 aromatic rings. The molecule has 104 valence electrons. The first-order valence-electron chi connectivity index (χ1n) is 6.76. The van der Waals surface area contributed by atoms with Crippen molar-refractivity contribution in [3.8, 4) is 11.5 Å². The van der Waals surface area contributed by atoms with Crippen LogP contribution in [0.5, 0.6) is 11.5 Å². The Morgan fingerprint density at radius 2 is 1.70 bits per heavy atom. The smallest absolute Gasteiger partial charge is 0.231 e. The number of aliphatic hydroxyl groups excluding tert-OH is 1. The first-order valence-corrected chi connectivity index (χ1v) is 6.76. The van der Waals surface area contributed by atoms with Gasteiger partial charge in [0.25, 0.3) is 0 Å². The zero-order chi connectivity index (χ0) is 14.1. The monoisotopic (exact) mass is 270 g/mol. The zero-order valence-electron chi connectivity index (χ0n) is 11.7. The van der Waals surface area contributed by atoms with Crippen molar-refractivity contribution in [2.45, 2.75) is 26.4 Å². The van der Waals surface area contributed by atoms with Crippen LogP contribution in [0.25, 0.3) is 0 Å². The van der Waals surface area contributed by atoms with Crippen LogP contribution in [0.2, 0.25) is 0 Å². The summed E-state index contributed by atoms with van der Waals surface area (Å²) in [5.41, 5.74) is 4.44. The van der Waals surface area contributed by atoms with E-state index in [-0.39, 0.29) is 6.79 Å². The third-order valence-electron chi connectivity index (χ3n) is 3.49. The van der Waals surface area contributed by atoms with Crippen molar-refractivity contribution < 1.29 is 14.6 Å². The third kappa shape index (κ3) is 2.63. The highest BCUT2D eigenvalue weighted by atomic mass is 16.7. The lowest BCUT2D eigenvalue weighted by molar-refractivity contribution is 0.171. The number of rotatable bonds is 3. The normalized spacial score (nSPS) is 14.3. The molecule has 0 bridgehead atoms. The fourth-order valence-electron chi connectivity index (χ4n) is 2.65. The number of aryl methyl sites for hydroxylation is 2. The molecule has 0 radical (unpaired) electrons. The molecule has 0 aromatic heterocycles. The Balaban J connectivity index is 1.80. The van der Waals surface area contributed by atoms with Gasteiger partial charge in [-0.25, -0.2) is 0 Å². The van der Waals surface area contributed by atoms with E-state index in [1.165, 1.54) is 11.1 Å². The third-order valence-corrected chi connectivity index (χ3v) is 3.49. The fourth-order valence-corrected chi connectivity index (χ4v) is 2.65. The molecule has 0 aliphatic carbocycles. The molecule has 0 saturated carbocycles. The van der Waals surface area contributed by atoms with Crippen LogP contribution in [0.3, 0.4) is 0 Å². The Morgan fingerprint density at radius 3 is 2.45 bits per heavy atom. The first kappa shape index (κ1) is 13.0. The molecule has 0 spiro atoms. The van der Waals surface area contributed by atoms with Crippen molar-refractivity contribution in [2.24, 2.45) is 0 Å². The quantitative estimate of drug-likeness (QED) is 0.930. The minimum atomic E-state index is -0.536. The van der Waals surface area contributed by atoms with Crippen molar-refractivity contribution in [2.75, 3.05) is 6.79 Å². The van der Waals surface area contributed by atoms with E-state index in [4.69, 9.17) is 9.47 Å². The van der Waals surface area contributed by atoms with E-state index in [0.29, 0.717) is 12.2 Å². The first-order chi connectivity index (χ1) is 9.61. The van der Waals surface area contributed by atoms with Crippen LogP contribution in [0, 0.1) is 13.8 Å². The maximum Gasteiger partial charge on any atom is 0.231 e. The highest BCUT2D eigenvalue weighted by Crippen LogP contribution is 2.34. The minimum absolute atomic E-state index is 0.256. The van der Waals surface area contributed by atoms with E-state index in [9.17, 15) is 5.11 Å². The second-order valence-electron chi connectivity index (χ2n) is 5.33. The molecule has 0 fully saturated rings. The molecule has 1 N–H and O–H groups in total. The lowest BCUT2D eigenvalue weighted by Gasteiger charge is -2.13. The Kier molecular flexibility index (Phi) is 3.36. The number of hydrogen-bond acceptors (Lipinski definition) is 3. The molecule has 3 nitrogen and oxygen atoms in total. The van der Waals surface area contributed by atoms with Crippen molar-refractivity contribution >= 4 is 0 Å². The molecular formula is C17H18O3. The van der Waals surface area contributed by atoms with Gasteiger partial charge in [0, 0.05) is 6.42 Å². The zero-order valence-corrected chi connectivity index (χ0v) is 11.7. The van der Waals surface area contributed by atoms with Crippen LogP contribution in [0.15, 0.2) is 36.4 Å². The lowest BCUT2D eigenvalue weighted by atomic mass is 9.98.